The van der Waals surface area contributed by atoms with Crippen LogP contribution in [0.5, 0.6) is 0 Å². The molecule has 0 fully saturated rings. The Bertz CT molecular complexity index is 586. The minimum absolute atomic E-state index is 0.486. The number of aromatic nitrogens is 2. The van der Waals surface area contributed by atoms with Crippen molar-refractivity contribution >= 4 is 28.8 Å². The molecule has 1 aromatic heterocycles. The van der Waals surface area contributed by atoms with E-state index in [1.807, 2.05) is 46.9 Å². The molecule has 0 atom stereocenters. The van der Waals surface area contributed by atoms with Crippen LogP contribution >= 0.6 is 22.6 Å². The van der Waals surface area contributed by atoms with E-state index in [9.17, 15) is 4.79 Å². The van der Waals surface area contributed by atoms with E-state index in [2.05, 4.69) is 14.7 Å². The zero-order valence-electron chi connectivity index (χ0n) is 8.42. The summed E-state index contributed by atoms with van der Waals surface area (Å²) in [5.41, 5.74) is 1.55. The number of hydrogen-bond acceptors (Lipinski definition) is 4. The number of nitrogens with zero attached hydrogens (tertiary/aromatic N) is 3. The lowest BCUT2D eigenvalue weighted by Gasteiger charge is -2.04. The Morgan fingerprint density at radius 3 is 2.88 bits per heavy atom. The summed E-state index contributed by atoms with van der Waals surface area (Å²) in [6.45, 7) is 0. The predicted molar refractivity (Wildman–Crippen MR) is 68.3 cm³/mol. The van der Waals surface area contributed by atoms with Gasteiger partial charge in [-0.15, -0.1) is 0 Å². The van der Waals surface area contributed by atoms with Crippen LogP contribution in [0.3, 0.4) is 0 Å². The van der Waals surface area contributed by atoms with Gasteiger partial charge in [0.1, 0.15) is 0 Å². The summed E-state index contributed by atoms with van der Waals surface area (Å²) in [6.07, 6.45) is 1.69. The van der Waals surface area contributed by atoms with Gasteiger partial charge < -0.3 is 0 Å². The van der Waals surface area contributed by atoms with Crippen LogP contribution in [0, 0.1) is 3.83 Å². The van der Waals surface area contributed by atoms with Crippen molar-refractivity contribution in [3.8, 4) is 5.69 Å². The third-order valence-electron chi connectivity index (χ3n) is 2.01. The lowest BCUT2D eigenvalue weighted by atomic mass is 10.2. The molecule has 0 radical (unpaired) electrons. The lowest BCUT2D eigenvalue weighted by molar-refractivity contribution is 0.380. The van der Waals surface area contributed by atoms with Crippen molar-refractivity contribution < 1.29 is 4.52 Å². The maximum Gasteiger partial charge on any atom is 0.446 e. The van der Waals surface area contributed by atoms with Crippen LogP contribution in [-0.4, -0.2) is 23.0 Å². The predicted octanol–water partition coefficient (Wildman–Crippen LogP) is 1.48. The van der Waals surface area contributed by atoms with E-state index in [1.54, 1.807) is 13.3 Å². The number of benzene rings is 1. The normalized spacial score (nSPS) is 11.1. The molecular formula is C10H8IN3O2. The van der Waals surface area contributed by atoms with Crippen LogP contribution in [0.15, 0.2) is 38.6 Å². The molecule has 82 valence electrons. The molecule has 0 aliphatic heterocycles. The molecule has 6 heteroatoms. The van der Waals surface area contributed by atoms with Crippen molar-refractivity contribution in [2.24, 2.45) is 4.99 Å². The summed E-state index contributed by atoms with van der Waals surface area (Å²) in [4.78, 5) is 15.4. The van der Waals surface area contributed by atoms with Crippen LogP contribution in [0.1, 0.15) is 5.56 Å². The Labute approximate surface area is 105 Å². The average molecular weight is 329 g/mol. The first-order chi connectivity index (χ1) is 7.74. The highest BCUT2D eigenvalue weighted by Gasteiger charge is 2.11. The van der Waals surface area contributed by atoms with E-state index in [0.717, 1.165) is 5.56 Å². The molecule has 5 nitrogen and oxygen atoms in total. The van der Waals surface area contributed by atoms with Gasteiger partial charge in [-0.05, 0) is 11.2 Å². The van der Waals surface area contributed by atoms with Gasteiger partial charge in [0.05, 0.1) is 5.69 Å². The third-order valence-corrected chi connectivity index (χ3v) is 2.69. The van der Waals surface area contributed by atoms with Crippen LogP contribution in [0.4, 0.5) is 0 Å². The van der Waals surface area contributed by atoms with E-state index in [4.69, 9.17) is 0 Å². The smallest absolute Gasteiger partial charge is 0.296 e. The van der Waals surface area contributed by atoms with Gasteiger partial charge in [-0.2, -0.15) is 0 Å². The van der Waals surface area contributed by atoms with E-state index in [0.29, 0.717) is 9.52 Å². The van der Waals surface area contributed by atoms with Gasteiger partial charge in [0.2, 0.25) is 3.83 Å². The maximum absolute atomic E-state index is 11.5. The fourth-order valence-electron chi connectivity index (χ4n) is 1.37. The Kier molecular flexibility index (Phi) is 3.18. The number of hydrogen-bond donors (Lipinski definition) is 0. The van der Waals surface area contributed by atoms with Crippen LogP contribution < -0.4 is 5.76 Å². The van der Waals surface area contributed by atoms with Crippen molar-refractivity contribution in [2.75, 3.05) is 7.05 Å². The highest BCUT2D eigenvalue weighted by Crippen LogP contribution is 2.13. The van der Waals surface area contributed by atoms with Crippen LogP contribution in [-0.2, 0) is 0 Å². The van der Waals surface area contributed by atoms with Gasteiger partial charge in [-0.3, -0.25) is 9.52 Å². The second kappa shape index (κ2) is 4.60. The van der Waals surface area contributed by atoms with Gasteiger partial charge in [0.15, 0.2) is 0 Å². The maximum atomic E-state index is 11.5. The van der Waals surface area contributed by atoms with Gasteiger partial charge in [0.25, 0.3) is 0 Å². The van der Waals surface area contributed by atoms with Crippen LogP contribution in [0.2, 0.25) is 0 Å². The molecule has 1 aromatic carbocycles. The second-order valence-electron chi connectivity index (χ2n) is 3.00. The molecule has 16 heavy (non-hydrogen) atoms. The van der Waals surface area contributed by atoms with Crippen molar-refractivity contribution in [1.82, 2.24) is 9.72 Å². The molecule has 0 amide bonds. The molecular weight excluding hydrogens is 321 g/mol. The summed E-state index contributed by atoms with van der Waals surface area (Å²) in [5, 5.41) is 3.61. The van der Waals surface area contributed by atoms with E-state index in [-0.39, 0.29) is 0 Å². The Balaban J connectivity index is 2.69. The molecule has 0 saturated carbocycles. The summed E-state index contributed by atoms with van der Waals surface area (Å²) in [6, 6.07) is 7.42. The van der Waals surface area contributed by atoms with Crippen molar-refractivity contribution in [1.29, 1.82) is 0 Å². The number of halogens is 1. The molecule has 0 spiro atoms. The lowest BCUT2D eigenvalue weighted by Crippen LogP contribution is -2.15. The van der Waals surface area contributed by atoms with Crippen molar-refractivity contribution in [3.05, 3.63) is 44.2 Å². The van der Waals surface area contributed by atoms with E-state index < -0.39 is 5.76 Å². The number of aliphatic imine (C=N–C) groups is 1. The monoisotopic (exact) mass is 329 g/mol. The van der Waals surface area contributed by atoms with E-state index in [1.165, 1.54) is 4.57 Å². The average Bonchev–Trinajstić information content (AvgIpc) is 2.60. The summed E-state index contributed by atoms with van der Waals surface area (Å²) in [7, 11) is 1.68. The zero-order valence-corrected chi connectivity index (χ0v) is 10.6. The first-order valence-electron chi connectivity index (χ1n) is 4.50. The van der Waals surface area contributed by atoms with Gasteiger partial charge in [-0.1, -0.05) is 18.2 Å². The summed E-state index contributed by atoms with van der Waals surface area (Å²) >= 11 is 1.94. The number of rotatable bonds is 2. The summed E-state index contributed by atoms with van der Waals surface area (Å²) in [5.74, 6) is -0.499. The zero-order chi connectivity index (χ0) is 11.5. The van der Waals surface area contributed by atoms with Gasteiger partial charge in [-0.25, -0.2) is 9.36 Å². The number of para-hydroxylation sites is 1. The topological polar surface area (TPSA) is 60.4 Å². The Morgan fingerprint density at radius 2 is 2.25 bits per heavy atom. The van der Waals surface area contributed by atoms with Gasteiger partial charge >= 0.3 is 5.76 Å². The molecule has 1 heterocycles. The highest BCUT2D eigenvalue weighted by molar-refractivity contribution is 14.1. The third kappa shape index (κ3) is 1.92. The van der Waals surface area contributed by atoms with Crippen LogP contribution in [0.25, 0.3) is 5.69 Å². The van der Waals surface area contributed by atoms with Gasteiger partial charge in [0, 0.05) is 41.4 Å². The minimum Gasteiger partial charge on any atom is -0.296 e. The fraction of sp³-hybridized carbons (Fsp3) is 0.100. The molecule has 0 unspecified atom stereocenters. The first kappa shape index (κ1) is 11.1. The molecule has 0 aliphatic carbocycles. The van der Waals surface area contributed by atoms with Crippen molar-refractivity contribution in [3.63, 3.8) is 0 Å². The molecule has 2 rings (SSSR count). The largest absolute Gasteiger partial charge is 0.446 e. The molecule has 0 bridgehead atoms. The standard InChI is InChI=1S/C10H8IN3O2/c1-12-6-7-4-2-3-5-8(7)14-9(11)13-16-10(14)15/h2-6H,1H3. The molecule has 0 N–H and O–H groups in total. The molecule has 2 aromatic rings. The van der Waals surface area contributed by atoms with E-state index >= 15 is 0 Å². The summed E-state index contributed by atoms with van der Waals surface area (Å²) < 4.78 is 6.47. The molecule has 0 aliphatic rings. The molecule has 0 saturated heterocycles. The fourth-order valence-corrected chi connectivity index (χ4v) is 1.93. The van der Waals surface area contributed by atoms with Crippen molar-refractivity contribution in [2.45, 2.75) is 0 Å². The Morgan fingerprint density at radius 1 is 1.50 bits per heavy atom. The quantitative estimate of drug-likeness (QED) is 0.619. The SMILES string of the molecule is CN=Cc1ccccc1-n1c(I)noc1=O. The highest BCUT2D eigenvalue weighted by atomic mass is 127. The Hall–Kier alpha value is -1.44. The first-order valence-corrected chi connectivity index (χ1v) is 5.57. The minimum atomic E-state index is -0.499. The second-order valence-corrected chi connectivity index (χ2v) is 3.96.